The molecule has 1 N–H and O–H groups in total. The Kier molecular flexibility index (Phi) is 8.45. The fraction of sp³-hybridized carbons (Fsp3) is 0.217. The molecule has 1 heterocycles. The maximum Gasteiger partial charge on any atom is 0.268 e. The largest absolute Gasteiger partial charge is 0.493 e. The van der Waals surface area contributed by atoms with Gasteiger partial charge < -0.3 is 9.47 Å². The number of halogens is 1. The quantitative estimate of drug-likeness (QED) is 0.243. The first-order valence-electron chi connectivity index (χ1n) is 10.2. The van der Waals surface area contributed by atoms with E-state index in [1.165, 1.54) is 26.2 Å². The van der Waals surface area contributed by atoms with Gasteiger partial charge >= 0.3 is 0 Å². The Morgan fingerprint density at radius 1 is 1.26 bits per heavy atom. The average molecular weight is 533 g/mol. The van der Waals surface area contributed by atoms with Crippen molar-refractivity contribution in [3.63, 3.8) is 0 Å². The minimum Gasteiger partial charge on any atom is -0.493 e. The van der Waals surface area contributed by atoms with Crippen molar-refractivity contribution in [1.29, 1.82) is 5.26 Å². The molecule has 0 saturated heterocycles. The molecule has 0 radical (unpaired) electrons. The van der Waals surface area contributed by atoms with Crippen LogP contribution in [0, 0.1) is 18.3 Å². The van der Waals surface area contributed by atoms with Gasteiger partial charge in [0.1, 0.15) is 18.2 Å². The van der Waals surface area contributed by atoms with Gasteiger partial charge in [0.25, 0.3) is 5.91 Å². The molecule has 0 bridgehead atoms. The number of hydrogen-bond acceptors (Lipinski definition) is 9. The van der Waals surface area contributed by atoms with Crippen LogP contribution in [0.15, 0.2) is 46.3 Å². The summed E-state index contributed by atoms with van der Waals surface area (Å²) in [6.07, 6.45) is 1.32. The lowest BCUT2D eigenvalue weighted by atomic mass is 10.1. The van der Waals surface area contributed by atoms with Gasteiger partial charge in [-0.1, -0.05) is 59.7 Å². The summed E-state index contributed by atoms with van der Waals surface area (Å²) < 4.78 is 34.8. The van der Waals surface area contributed by atoms with Crippen LogP contribution in [0.25, 0.3) is 6.08 Å². The number of benzene rings is 2. The van der Waals surface area contributed by atoms with Crippen molar-refractivity contribution in [2.75, 3.05) is 18.2 Å². The van der Waals surface area contributed by atoms with Gasteiger partial charge in [0, 0.05) is 0 Å². The minimum atomic E-state index is -3.56. The van der Waals surface area contributed by atoms with Crippen LogP contribution in [-0.4, -0.2) is 37.4 Å². The predicted octanol–water partition coefficient (Wildman–Crippen LogP) is 4.43. The summed E-state index contributed by atoms with van der Waals surface area (Å²) in [6.45, 7) is 3.74. The normalized spacial score (nSPS) is 11.6. The molecule has 0 atom stereocenters. The van der Waals surface area contributed by atoms with E-state index in [2.05, 4.69) is 15.5 Å². The van der Waals surface area contributed by atoms with E-state index in [4.69, 9.17) is 21.1 Å². The average Bonchev–Trinajstić information content (AvgIpc) is 3.31. The number of ether oxygens (including phenoxy) is 2. The number of carbonyl (C=O) groups is 1. The lowest BCUT2D eigenvalue weighted by Crippen LogP contribution is -2.13. The summed E-state index contributed by atoms with van der Waals surface area (Å²) in [4.78, 5) is 12.6. The first-order valence-corrected chi connectivity index (χ1v) is 13.1. The topological polar surface area (TPSA) is 131 Å². The number of methoxy groups -OCH3 is 1. The lowest BCUT2D eigenvalue weighted by molar-refractivity contribution is -0.112. The Morgan fingerprint density at radius 3 is 2.60 bits per heavy atom. The summed E-state index contributed by atoms with van der Waals surface area (Å²) in [7, 11) is -2.10. The van der Waals surface area contributed by atoms with Gasteiger partial charge in [0.2, 0.25) is 19.3 Å². The standard InChI is InChI=1S/C23H21ClN4O5S2/c1-4-35(30,31)23-28-27-22(34-23)26-21(29)17(12-25)9-16-10-18(24)20(19(11-16)32-3)33-13-15-7-5-14(2)6-8-15/h5-11H,4,13H2,1-3H3,(H,26,27,29). The van der Waals surface area contributed by atoms with E-state index in [0.29, 0.717) is 28.4 Å². The van der Waals surface area contributed by atoms with E-state index in [1.807, 2.05) is 37.3 Å². The molecular weight excluding hydrogens is 512 g/mol. The molecule has 0 fully saturated rings. The number of hydrogen-bond donors (Lipinski definition) is 1. The maximum atomic E-state index is 12.6. The molecule has 3 aromatic rings. The molecule has 182 valence electrons. The fourth-order valence-electron chi connectivity index (χ4n) is 2.79. The van der Waals surface area contributed by atoms with Crippen molar-refractivity contribution in [2.45, 2.75) is 24.8 Å². The van der Waals surface area contributed by atoms with E-state index in [9.17, 15) is 18.5 Å². The highest BCUT2D eigenvalue weighted by Crippen LogP contribution is 2.37. The van der Waals surface area contributed by atoms with Gasteiger partial charge in [-0.15, -0.1) is 10.2 Å². The van der Waals surface area contributed by atoms with Crippen LogP contribution in [0.2, 0.25) is 5.02 Å². The van der Waals surface area contributed by atoms with Crippen molar-refractivity contribution in [3.05, 3.63) is 63.7 Å². The molecule has 3 rings (SSSR count). The zero-order valence-electron chi connectivity index (χ0n) is 19.0. The highest BCUT2D eigenvalue weighted by atomic mass is 35.5. The number of nitriles is 1. The molecule has 35 heavy (non-hydrogen) atoms. The lowest BCUT2D eigenvalue weighted by Gasteiger charge is -2.14. The summed E-state index contributed by atoms with van der Waals surface area (Å²) in [6, 6.07) is 12.8. The third-order valence-corrected chi connectivity index (χ3v) is 8.00. The van der Waals surface area contributed by atoms with Crippen molar-refractivity contribution in [3.8, 4) is 17.6 Å². The number of aromatic nitrogens is 2. The zero-order chi connectivity index (χ0) is 25.6. The second-order valence-electron chi connectivity index (χ2n) is 7.21. The number of aryl methyl sites for hydroxylation is 1. The highest BCUT2D eigenvalue weighted by Gasteiger charge is 2.20. The molecule has 2 aromatic carbocycles. The van der Waals surface area contributed by atoms with Crippen LogP contribution < -0.4 is 14.8 Å². The summed E-state index contributed by atoms with van der Waals surface area (Å²) in [5.74, 6) is -0.272. The number of sulfone groups is 1. The molecule has 0 unspecified atom stereocenters. The summed E-state index contributed by atoms with van der Waals surface area (Å²) in [5, 5.41) is 19.3. The van der Waals surface area contributed by atoms with Crippen molar-refractivity contribution >= 4 is 49.9 Å². The van der Waals surface area contributed by atoms with Crippen LogP contribution in [0.5, 0.6) is 11.5 Å². The SMILES string of the molecule is CCS(=O)(=O)c1nnc(NC(=O)C(C#N)=Cc2cc(Cl)c(OCc3ccc(C)cc3)c(OC)c2)s1. The number of nitrogens with zero attached hydrogens (tertiary/aromatic N) is 3. The van der Waals surface area contributed by atoms with E-state index >= 15 is 0 Å². The van der Waals surface area contributed by atoms with E-state index in [1.54, 1.807) is 6.07 Å². The van der Waals surface area contributed by atoms with Gasteiger partial charge in [-0.3, -0.25) is 10.1 Å². The van der Waals surface area contributed by atoms with Crippen molar-refractivity contribution in [2.24, 2.45) is 0 Å². The van der Waals surface area contributed by atoms with Gasteiger partial charge in [-0.25, -0.2) is 8.42 Å². The smallest absolute Gasteiger partial charge is 0.268 e. The van der Waals surface area contributed by atoms with Crippen molar-refractivity contribution in [1.82, 2.24) is 10.2 Å². The van der Waals surface area contributed by atoms with Gasteiger partial charge in [-0.2, -0.15) is 5.26 Å². The Morgan fingerprint density at radius 2 is 1.97 bits per heavy atom. The first kappa shape index (κ1) is 26.2. The number of amides is 1. The highest BCUT2D eigenvalue weighted by molar-refractivity contribution is 7.93. The zero-order valence-corrected chi connectivity index (χ0v) is 21.4. The van der Waals surface area contributed by atoms with Crippen LogP contribution in [0.1, 0.15) is 23.6 Å². The number of anilines is 1. The van der Waals surface area contributed by atoms with Crippen LogP contribution in [-0.2, 0) is 21.2 Å². The molecule has 1 aromatic heterocycles. The Bertz CT molecular complexity index is 1410. The second kappa shape index (κ2) is 11.3. The van der Waals surface area contributed by atoms with Crippen LogP contribution in [0.4, 0.5) is 5.13 Å². The third kappa shape index (κ3) is 6.57. The predicted molar refractivity (Wildman–Crippen MR) is 133 cm³/mol. The number of rotatable bonds is 9. The number of nitrogens with one attached hydrogen (secondary N) is 1. The van der Waals surface area contributed by atoms with E-state index in [-0.39, 0.29) is 32.4 Å². The molecular formula is C23H21ClN4O5S2. The summed E-state index contributed by atoms with van der Waals surface area (Å²) >= 11 is 7.11. The number of carbonyl (C=O) groups excluding carboxylic acids is 1. The molecule has 0 aliphatic heterocycles. The van der Waals surface area contributed by atoms with Crippen LogP contribution >= 0.6 is 22.9 Å². The fourth-order valence-corrected chi connectivity index (χ4v) is 5.05. The van der Waals surface area contributed by atoms with E-state index < -0.39 is 15.7 Å². The van der Waals surface area contributed by atoms with Gasteiger partial charge in [0.05, 0.1) is 17.9 Å². The summed E-state index contributed by atoms with van der Waals surface area (Å²) in [5.41, 5.74) is 2.25. The Balaban J connectivity index is 1.79. The Labute approximate surface area is 211 Å². The molecule has 0 saturated carbocycles. The minimum absolute atomic E-state index is 0.0429. The molecule has 0 spiro atoms. The molecule has 0 aliphatic carbocycles. The third-order valence-electron chi connectivity index (χ3n) is 4.70. The van der Waals surface area contributed by atoms with Crippen molar-refractivity contribution < 1.29 is 22.7 Å². The maximum absolute atomic E-state index is 12.6. The van der Waals surface area contributed by atoms with Gasteiger partial charge in [-0.05, 0) is 36.3 Å². The van der Waals surface area contributed by atoms with Crippen LogP contribution in [0.3, 0.4) is 0 Å². The molecule has 9 nitrogen and oxygen atoms in total. The van der Waals surface area contributed by atoms with Gasteiger partial charge in [0.15, 0.2) is 11.5 Å². The second-order valence-corrected chi connectivity index (χ2v) is 11.0. The van der Waals surface area contributed by atoms with E-state index in [0.717, 1.165) is 11.1 Å². The molecule has 0 aliphatic rings. The Hall–Kier alpha value is -3.46. The monoisotopic (exact) mass is 532 g/mol. The molecule has 12 heteroatoms. The molecule has 1 amide bonds. The first-order chi connectivity index (χ1) is 16.7.